The first-order valence-corrected chi connectivity index (χ1v) is 5.88. The molecule has 0 atom stereocenters. The van der Waals surface area contributed by atoms with Crippen LogP contribution in [-0.2, 0) is 4.74 Å². The minimum Gasteiger partial charge on any atom is -0.443 e. The molecule has 2 aliphatic heterocycles. The number of rotatable bonds is 3. The van der Waals surface area contributed by atoms with E-state index in [-0.39, 0.29) is 0 Å². The number of ether oxygens (including phenoxy) is 1. The molecule has 0 unspecified atom stereocenters. The van der Waals surface area contributed by atoms with Gasteiger partial charge in [0.15, 0.2) is 0 Å². The van der Waals surface area contributed by atoms with E-state index in [2.05, 4.69) is 15.8 Å². The van der Waals surface area contributed by atoms with Gasteiger partial charge in [-0.2, -0.15) is 0 Å². The maximum Gasteiger partial charge on any atom is 0.422 e. The molecular weight excluding hydrogens is 206 g/mol. The van der Waals surface area contributed by atoms with Crippen molar-refractivity contribution < 1.29 is 9.53 Å². The average molecular weight is 227 g/mol. The predicted octanol–water partition coefficient (Wildman–Crippen LogP) is 0.864. The van der Waals surface area contributed by atoms with Gasteiger partial charge in [-0.15, -0.1) is 0 Å². The molecule has 5 heteroatoms. The van der Waals surface area contributed by atoms with E-state index in [4.69, 9.17) is 4.74 Å². The summed E-state index contributed by atoms with van der Waals surface area (Å²) in [4.78, 5) is 13.8. The van der Waals surface area contributed by atoms with Gasteiger partial charge in [0, 0.05) is 25.2 Å². The summed E-state index contributed by atoms with van der Waals surface area (Å²) in [6.07, 6.45) is 2.06. The van der Waals surface area contributed by atoms with E-state index >= 15 is 0 Å². The normalized spacial score (nSPS) is 22.7. The van der Waals surface area contributed by atoms with Gasteiger partial charge in [0.05, 0.1) is 0 Å². The van der Waals surface area contributed by atoms with Gasteiger partial charge in [-0.3, -0.25) is 10.3 Å². The van der Waals surface area contributed by atoms with Crippen molar-refractivity contribution in [2.24, 2.45) is 0 Å². The van der Waals surface area contributed by atoms with Crippen molar-refractivity contribution in [2.45, 2.75) is 44.8 Å². The Labute approximate surface area is 96.5 Å². The largest absolute Gasteiger partial charge is 0.443 e. The van der Waals surface area contributed by atoms with Crippen LogP contribution in [-0.4, -0.2) is 41.8 Å². The third-order valence-electron chi connectivity index (χ3n) is 3.37. The van der Waals surface area contributed by atoms with Crippen molar-refractivity contribution in [3.8, 4) is 0 Å². The number of hydrogen-bond donors (Lipinski definition) is 2. The lowest BCUT2D eigenvalue weighted by molar-refractivity contribution is -0.103. The number of hydrogen-bond acceptors (Lipinski definition) is 4. The number of hydrazine groups is 1. The number of nitrogens with one attached hydrogen (secondary N) is 2. The second-order valence-electron chi connectivity index (χ2n) is 5.69. The number of amides is 1. The van der Waals surface area contributed by atoms with Gasteiger partial charge < -0.3 is 4.74 Å². The first-order valence-electron chi connectivity index (χ1n) is 5.88. The molecule has 2 heterocycles. The quantitative estimate of drug-likeness (QED) is 0.702. The Morgan fingerprint density at radius 3 is 2.38 bits per heavy atom. The van der Waals surface area contributed by atoms with E-state index in [0.29, 0.717) is 5.54 Å². The average Bonchev–Trinajstić information content (AvgIpc) is 2.11. The monoisotopic (exact) mass is 227 g/mol. The van der Waals surface area contributed by atoms with Crippen LogP contribution < -0.4 is 10.9 Å². The number of nitrogens with zero attached hydrogens (tertiary/aromatic N) is 1. The van der Waals surface area contributed by atoms with E-state index < -0.39 is 11.7 Å². The molecule has 0 aliphatic carbocycles. The highest BCUT2D eigenvalue weighted by Crippen LogP contribution is 2.41. The van der Waals surface area contributed by atoms with Crippen LogP contribution in [0.2, 0.25) is 0 Å². The SMILES string of the molecule is CC(C)(C)OC(=O)NNCC12CCN1CC2. The Morgan fingerprint density at radius 2 is 2.00 bits per heavy atom. The Hall–Kier alpha value is -0.810. The van der Waals surface area contributed by atoms with E-state index in [0.717, 1.165) is 6.54 Å². The molecule has 2 aliphatic rings. The summed E-state index contributed by atoms with van der Waals surface area (Å²) in [6.45, 7) is 8.77. The molecule has 2 rings (SSSR count). The maximum absolute atomic E-state index is 11.3. The zero-order valence-corrected chi connectivity index (χ0v) is 10.3. The van der Waals surface area contributed by atoms with Gasteiger partial charge in [0.2, 0.25) is 0 Å². The third-order valence-corrected chi connectivity index (χ3v) is 3.37. The molecule has 2 fully saturated rings. The van der Waals surface area contributed by atoms with Crippen LogP contribution in [0.3, 0.4) is 0 Å². The summed E-state index contributed by atoms with van der Waals surface area (Å²) in [5.41, 5.74) is 5.43. The van der Waals surface area contributed by atoms with Gasteiger partial charge in [-0.05, 0) is 33.6 Å². The first kappa shape index (κ1) is 11.7. The lowest BCUT2D eigenvalue weighted by Gasteiger charge is -2.61. The fourth-order valence-corrected chi connectivity index (χ4v) is 2.28. The molecule has 92 valence electrons. The fraction of sp³-hybridized carbons (Fsp3) is 0.909. The van der Waals surface area contributed by atoms with Crippen molar-refractivity contribution >= 4 is 6.09 Å². The Bertz CT molecular complexity index is 277. The molecule has 5 nitrogen and oxygen atoms in total. The Morgan fingerprint density at radius 1 is 1.38 bits per heavy atom. The highest BCUT2D eigenvalue weighted by molar-refractivity contribution is 5.66. The molecule has 0 saturated carbocycles. The minimum atomic E-state index is -0.441. The van der Waals surface area contributed by atoms with Gasteiger partial charge >= 0.3 is 6.09 Å². The molecule has 1 amide bonds. The zero-order valence-electron chi connectivity index (χ0n) is 10.3. The summed E-state index contributed by atoms with van der Waals surface area (Å²) >= 11 is 0. The van der Waals surface area contributed by atoms with Crippen molar-refractivity contribution in [1.29, 1.82) is 0 Å². The fourth-order valence-electron chi connectivity index (χ4n) is 2.28. The van der Waals surface area contributed by atoms with Crippen LogP contribution in [0.15, 0.2) is 0 Å². The van der Waals surface area contributed by atoms with Crippen molar-refractivity contribution in [3.63, 3.8) is 0 Å². The van der Waals surface area contributed by atoms with Gasteiger partial charge in [0.1, 0.15) is 5.60 Å². The zero-order chi connectivity index (χ0) is 11.8. The summed E-state index contributed by atoms with van der Waals surface area (Å²) in [5, 5.41) is 0. The molecule has 2 saturated heterocycles. The van der Waals surface area contributed by atoms with Crippen LogP contribution in [0.1, 0.15) is 33.6 Å². The second-order valence-corrected chi connectivity index (χ2v) is 5.69. The van der Waals surface area contributed by atoms with E-state index in [1.807, 2.05) is 20.8 Å². The molecule has 2 N–H and O–H groups in total. The van der Waals surface area contributed by atoms with Crippen molar-refractivity contribution in [2.75, 3.05) is 19.6 Å². The van der Waals surface area contributed by atoms with Crippen LogP contribution in [0.25, 0.3) is 0 Å². The van der Waals surface area contributed by atoms with Crippen LogP contribution in [0, 0.1) is 0 Å². The summed E-state index contributed by atoms with van der Waals surface area (Å²) in [7, 11) is 0. The number of carbonyl (C=O) groups is 1. The van der Waals surface area contributed by atoms with E-state index in [1.165, 1.54) is 25.9 Å². The topological polar surface area (TPSA) is 53.6 Å². The summed E-state index contributed by atoms with van der Waals surface area (Å²) in [5.74, 6) is 0. The maximum atomic E-state index is 11.3. The predicted molar refractivity (Wildman–Crippen MR) is 60.9 cm³/mol. The first-order chi connectivity index (χ1) is 7.41. The van der Waals surface area contributed by atoms with Crippen LogP contribution in [0.5, 0.6) is 0 Å². The van der Waals surface area contributed by atoms with Crippen molar-refractivity contribution in [1.82, 2.24) is 15.8 Å². The minimum absolute atomic E-state index is 0.328. The van der Waals surface area contributed by atoms with E-state index in [9.17, 15) is 4.79 Å². The second kappa shape index (κ2) is 3.89. The molecule has 0 spiro atoms. The van der Waals surface area contributed by atoms with Crippen molar-refractivity contribution in [3.05, 3.63) is 0 Å². The van der Waals surface area contributed by atoms with Crippen LogP contribution >= 0.6 is 0 Å². The summed E-state index contributed by atoms with van der Waals surface area (Å²) < 4.78 is 5.12. The lowest BCUT2D eigenvalue weighted by Crippen LogP contribution is -2.73. The molecule has 0 aromatic rings. The van der Waals surface area contributed by atoms with E-state index in [1.54, 1.807) is 0 Å². The van der Waals surface area contributed by atoms with Gasteiger partial charge in [-0.1, -0.05) is 0 Å². The lowest BCUT2D eigenvalue weighted by atomic mass is 9.74. The molecule has 16 heavy (non-hydrogen) atoms. The molecule has 0 aromatic heterocycles. The molecule has 0 bridgehead atoms. The standard InChI is InChI=1S/C11H21N3O2/c1-10(2,3)16-9(15)13-12-8-11-4-6-14(11)7-5-11/h12H,4-8H2,1-3H3,(H,13,15). The molecule has 0 aromatic carbocycles. The Balaban J connectivity index is 1.63. The molecule has 0 radical (unpaired) electrons. The van der Waals surface area contributed by atoms with Crippen LogP contribution in [0.4, 0.5) is 4.79 Å². The number of fused-ring (bicyclic) bond motifs is 1. The highest BCUT2D eigenvalue weighted by Gasteiger charge is 2.51. The number of carbonyl (C=O) groups excluding carboxylic acids is 1. The van der Waals surface area contributed by atoms with Gasteiger partial charge in [-0.25, -0.2) is 10.2 Å². The summed E-state index contributed by atoms with van der Waals surface area (Å²) in [6, 6.07) is 0. The third kappa shape index (κ3) is 2.30. The highest BCUT2D eigenvalue weighted by atomic mass is 16.6. The smallest absolute Gasteiger partial charge is 0.422 e. The molecular formula is C11H21N3O2. The Kier molecular flexibility index (Phi) is 2.84. The number of piperidine rings is 1. The van der Waals surface area contributed by atoms with Gasteiger partial charge in [0.25, 0.3) is 0 Å².